The van der Waals surface area contributed by atoms with E-state index in [1.54, 1.807) is 30.3 Å². The first-order valence-electron chi connectivity index (χ1n) is 9.64. The predicted molar refractivity (Wildman–Crippen MR) is 152 cm³/mol. The molecule has 2 amide bonds. The average molecular weight is 745 g/mol. The van der Waals surface area contributed by atoms with Gasteiger partial charge in [-0.3, -0.25) is 9.59 Å². The van der Waals surface area contributed by atoms with Gasteiger partial charge in [0.25, 0.3) is 11.8 Å². The normalized spacial score (nSPS) is 15.7. The van der Waals surface area contributed by atoms with Gasteiger partial charge in [0, 0.05) is 10.0 Å². The Bertz CT molecular complexity index is 1260. The lowest BCUT2D eigenvalue weighted by Gasteiger charge is -2.12. The van der Waals surface area contributed by atoms with Gasteiger partial charge >= 0.3 is 0 Å². The molecule has 5 nitrogen and oxygen atoms in total. The molecule has 1 N–H and O–H groups in total. The first-order chi connectivity index (χ1) is 15.9. The van der Waals surface area contributed by atoms with Crippen LogP contribution in [0.5, 0.6) is 5.75 Å². The van der Waals surface area contributed by atoms with Crippen molar-refractivity contribution in [2.75, 3.05) is 0 Å². The third-order valence-corrected chi connectivity index (χ3v) is 7.53. The summed E-state index contributed by atoms with van der Waals surface area (Å²) in [6.45, 7) is 0.466. The molecule has 1 aliphatic rings. The van der Waals surface area contributed by atoms with E-state index in [-0.39, 0.29) is 11.1 Å². The number of carbonyl (C=O) groups excluding carboxylic acids is 2. The Kier molecular flexibility index (Phi) is 8.25. The Hall–Kier alpha value is -1.70. The lowest BCUT2D eigenvalue weighted by molar-refractivity contribution is -0.115. The zero-order chi connectivity index (χ0) is 23.4. The molecule has 9 heteroatoms. The van der Waals surface area contributed by atoms with Crippen molar-refractivity contribution in [3.63, 3.8) is 0 Å². The summed E-state index contributed by atoms with van der Waals surface area (Å²) in [4.78, 5) is 29.2. The van der Waals surface area contributed by atoms with Gasteiger partial charge in [-0.05, 0) is 111 Å². The minimum Gasteiger partial charge on any atom is -0.487 e. The highest BCUT2D eigenvalue weighted by molar-refractivity contribution is 14.1. The quantitative estimate of drug-likeness (QED) is 0.235. The number of rotatable bonds is 5. The number of thioether (sulfide) groups is 1. The second-order valence-corrected chi connectivity index (χ2v) is 11.2. The summed E-state index contributed by atoms with van der Waals surface area (Å²) in [7, 11) is 0. The summed E-state index contributed by atoms with van der Waals surface area (Å²) in [5.74, 6) is 0.136. The molecule has 0 radical (unpaired) electrons. The molecule has 4 rings (SSSR count). The number of nitrogens with one attached hydrogen (secondary N) is 1. The van der Waals surface area contributed by atoms with E-state index in [1.165, 1.54) is 0 Å². The zero-order valence-electron chi connectivity index (χ0n) is 16.8. The molecule has 1 fully saturated rings. The summed E-state index contributed by atoms with van der Waals surface area (Å²) in [5, 5.41) is 2.94. The molecular weight excluding hydrogens is 730 g/mol. The first-order valence-corrected chi connectivity index (χ1v) is 13.4. The minimum absolute atomic E-state index is 0.277. The molecule has 3 aromatic rings. The number of carbonyl (C=O) groups is 2. The zero-order valence-corrected chi connectivity index (χ0v) is 23.6. The molecule has 1 saturated heterocycles. The van der Waals surface area contributed by atoms with Gasteiger partial charge in [-0.15, -0.1) is 0 Å². The molecule has 33 heavy (non-hydrogen) atoms. The summed E-state index contributed by atoms with van der Waals surface area (Å²) in [6, 6.07) is 20.7. The smallest absolute Gasteiger partial charge is 0.279 e. The molecule has 0 aromatic heterocycles. The molecule has 0 saturated carbocycles. The van der Waals surface area contributed by atoms with Gasteiger partial charge in [-0.2, -0.15) is 4.99 Å². The van der Waals surface area contributed by atoms with Crippen molar-refractivity contribution in [2.24, 2.45) is 4.99 Å². The van der Waals surface area contributed by atoms with Crippen LogP contribution in [-0.2, 0) is 11.4 Å². The van der Waals surface area contributed by atoms with Crippen molar-refractivity contribution in [3.8, 4) is 5.75 Å². The van der Waals surface area contributed by atoms with Crippen LogP contribution < -0.4 is 10.1 Å². The molecule has 0 atom stereocenters. The fourth-order valence-electron chi connectivity index (χ4n) is 2.91. The number of nitrogens with zero attached hydrogens (tertiary/aromatic N) is 1. The second-order valence-electron chi connectivity index (χ2n) is 6.88. The highest BCUT2D eigenvalue weighted by Crippen LogP contribution is 2.32. The van der Waals surface area contributed by atoms with Crippen molar-refractivity contribution >= 4 is 95.9 Å². The van der Waals surface area contributed by atoms with Crippen LogP contribution in [-0.4, -0.2) is 17.0 Å². The van der Waals surface area contributed by atoms with Crippen molar-refractivity contribution < 1.29 is 14.3 Å². The highest BCUT2D eigenvalue weighted by atomic mass is 127. The molecule has 1 heterocycles. The van der Waals surface area contributed by atoms with E-state index in [0.29, 0.717) is 17.1 Å². The van der Waals surface area contributed by atoms with E-state index in [9.17, 15) is 9.59 Å². The number of hydrogen-bond donors (Lipinski definition) is 1. The van der Waals surface area contributed by atoms with Crippen LogP contribution in [0.15, 0.2) is 81.1 Å². The van der Waals surface area contributed by atoms with E-state index in [0.717, 1.165) is 40.3 Å². The van der Waals surface area contributed by atoms with Crippen LogP contribution in [0.2, 0.25) is 0 Å². The monoisotopic (exact) mass is 744 g/mol. The fourth-order valence-corrected chi connectivity index (χ4v) is 6.12. The summed E-state index contributed by atoms with van der Waals surface area (Å²) in [6.07, 6.45) is 1.79. The lowest BCUT2D eigenvalue weighted by atomic mass is 10.2. The van der Waals surface area contributed by atoms with Crippen molar-refractivity contribution in [3.05, 3.63) is 99.9 Å². The van der Waals surface area contributed by atoms with E-state index in [2.05, 4.69) is 71.4 Å². The molecular formula is C24H15BrI2N2O3S. The van der Waals surface area contributed by atoms with Crippen LogP contribution in [0.4, 0.5) is 0 Å². The lowest BCUT2D eigenvalue weighted by Crippen LogP contribution is -2.20. The third-order valence-electron chi connectivity index (χ3n) is 4.49. The van der Waals surface area contributed by atoms with Crippen LogP contribution in [0.3, 0.4) is 0 Å². The number of ether oxygens (including phenoxy) is 1. The molecule has 0 unspecified atom stereocenters. The first kappa shape index (κ1) is 24.4. The fraction of sp³-hybridized carbons (Fsp3) is 0.0417. The third kappa shape index (κ3) is 6.46. The van der Waals surface area contributed by atoms with Gasteiger partial charge in [-0.25, -0.2) is 0 Å². The van der Waals surface area contributed by atoms with Gasteiger partial charge in [-0.1, -0.05) is 46.3 Å². The molecule has 3 aromatic carbocycles. The van der Waals surface area contributed by atoms with Crippen molar-refractivity contribution in [1.82, 2.24) is 5.32 Å². The minimum atomic E-state index is -0.393. The Labute approximate surface area is 230 Å². The van der Waals surface area contributed by atoms with E-state index >= 15 is 0 Å². The SMILES string of the molecule is O=C1NC(=NC(=O)c2ccccc2)S/C1=C\c1cc(I)c(OCc2ccc(Br)cc2)c(I)c1. The van der Waals surface area contributed by atoms with Gasteiger partial charge in [0.15, 0.2) is 5.17 Å². The van der Waals surface area contributed by atoms with E-state index in [1.807, 2.05) is 42.5 Å². The molecule has 0 bridgehead atoms. The van der Waals surface area contributed by atoms with E-state index < -0.39 is 5.91 Å². The molecule has 0 aliphatic carbocycles. The number of halogens is 3. The second kappa shape index (κ2) is 11.2. The molecule has 166 valence electrons. The number of amidine groups is 1. The molecule has 1 aliphatic heterocycles. The Balaban J connectivity index is 1.48. The number of aliphatic imine (C=N–C) groups is 1. The van der Waals surface area contributed by atoms with Crippen LogP contribution in [0, 0.1) is 7.14 Å². The van der Waals surface area contributed by atoms with Crippen LogP contribution in [0.25, 0.3) is 6.08 Å². The standard InChI is InChI=1S/C24H15BrI2N2O3S/c25-17-8-6-14(7-9-17)13-32-21-18(26)10-15(11-19(21)27)12-20-23(31)29-24(33-20)28-22(30)16-4-2-1-3-5-16/h1-12H,13H2,(H,28,29,30,31)/b20-12-. The molecule has 0 spiro atoms. The maximum Gasteiger partial charge on any atom is 0.279 e. The van der Waals surface area contributed by atoms with Gasteiger partial charge in [0.1, 0.15) is 12.4 Å². The van der Waals surface area contributed by atoms with E-state index in [4.69, 9.17) is 4.74 Å². The highest BCUT2D eigenvalue weighted by Gasteiger charge is 2.25. The topological polar surface area (TPSA) is 67.8 Å². The van der Waals surface area contributed by atoms with Crippen LogP contribution in [0.1, 0.15) is 21.5 Å². The number of benzene rings is 3. The Morgan fingerprint density at radius 2 is 1.73 bits per heavy atom. The number of amides is 2. The maximum atomic E-state index is 12.4. The summed E-state index contributed by atoms with van der Waals surface area (Å²) >= 11 is 9.06. The van der Waals surface area contributed by atoms with Gasteiger partial charge < -0.3 is 10.1 Å². The summed E-state index contributed by atoms with van der Waals surface area (Å²) < 4.78 is 8.97. The van der Waals surface area contributed by atoms with Gasteiger partial charge in [0.05, 0.1) is 12.0 Å². The van der Waals surface area contributed by atoms with Crippen molar-refractivity contribution in [1.29, 1.82) is 0 Å². The largest absolute Gasteiger partial charge is 0.487 e. The Morgan fingerprint density at radius 1 is 1.06 bits per heavy atom. The Morgan fingerprint density at radius 3 is 2.39 bits per heavy atom. The van der Waals surface area contributed by atoms with Crippen molar-refractivity contribution in [2.45, 2.75) is 6.61 Å². The summed E-state index contributed by atoms with van der Waals surface area (Å²) in [5.41, 5.74) is 2.42. The maximum absolute atomic E-state index is 12.4. The van der Waals surface area contributed by atoms with Gasteiger partial charge in [0.2, 0.25) is 0 Å². The predicted octanol–water partition coefficient (Wildman–Crippen LogP) is 6.64. The number of hydrogen-bond acceptors (Lipinski definition) is 4. The van der Waals surface area contributed by atoms with Crippen LogP contribution >= 0.6 is 72.9 Å². The average Bonchev–Trinajstić information content (AvgIpc) is 3.13.